The first-order valence-electron chi connectivity index (χ1n) is 7.57. The Morgan fingerprint density at radius 1 is 0.824 bits per heavy atom. The van der Waals surface area contributed by atoms with Crippen molar-refractivity contribution < 1.29 is 0 Å². The van der Waals surface area contributed by atoms with Crippen molar-refractivity contribution >= 4 is 12.4 Å². The highest BCUT2D eigenvalue weighted by molar-refractivity contribution is 5.85. The fourth-order valence-corrected chi connectivity index (χ4v) is 5.98. The van der Waals surface area contributed by atoms with E-state index < -0.39 is 0 Å². The third kappa shape index (κ3) is 1.94. The maximum atomic E-state index is 3.88. The zero-order chi connectivity index (χ0) is 10.6. The molecule has 0 aromatic rings. The summed E-state index contributed by atoms with van der Waals surface area (Å²) >= 11 is 0. The van der Waals surface area contributed by atoms with Crippen LogP contribution in [0, 0.1) is 23.2 Å². The van der Waals surface area contributed by atoms with E-state index >= 15 is 0 Å². The number of rotatable bonds is 1. The van der Waals surface area contributed by atoms with E-state index in [1.165, 1.54) is 25.8 Å². The van der Waals surface area contributed by atoms with Gasteiger partial charge in [0.1, 0.15) is 0 Å². The number of hydrogen-bond donors (Lipinski definition) is 1. The molecule has 0 amide bonds. The van der Waals surface area contributed by atoms with Crippen LogP contribution in [0.1, 0.15) is 57.8 Å². The number of hydrogen-bond acceptors (Lipinski definition) is 1. The quantitative estimate of drug-likeness (QED) is 0.752. The molecule has 0 aromatic carbocycles. The summed E-state index contributed by atoms with van der Waals surface area (Å²) in [5.41, 5.74) is 0.759. The maximum Gasteiger partial charge on any atom is 0.0124 e. The lowest BCUT2D eigenvalue weighted by Crippen LogP contribution is -2.56. The lowest BCUT2D eigenvalue weighted by molar-refractivity contribution is -0.0779. The molecule has 5 rings (SSSR count). The van der Waals surface area contributed by atoms with Gasteiger partial charge in [-0.05, 0) is 81.1 Å². The van der Waals surface area contributed by atoms with E-state index in [0.717, 1.165) is 29.2 Å². The summed E-state index contributed by atoms with van der Waals surface area (Å²) in [6.07, 6.45) is 13.9. The van der Waals surface area contributed by atoms with Crippen molar-refractivity contribution in [3.05, 3.63) is 0 Å². The van der Waals surface area contributed by atoms with Gasteiger partial charge in [-0.15, -0.1) is 12.4 Å². The van der Waals surface area contributed by atoms with Gasteiger partial charge < -0.3 is 5.32 Å². The van der Waals surface area contributed by atoms with Crippen molar-refractivity contribution in [1.82, 2.24) is 5.32 Å². The van der Waals surface area contributed by atoms with E-state index in [4.69, 9.17) is 0 Å². The Hall–Kier alpha value is 0.250. The second kappa shape index (κ2) is 4.42. The minimum absolute atomic E-state index is 0. The highest BCUT2D eigenvalue weighted by Crippen LogP contribution is 2.61. The maximum absolute atomic E-state index is 3.88. The normalized spacial score (nSPS) is 52.2. The lowest BCUT2D eigenvalue weighted by Gasteiger charge is -2.60. The molecule has 0 spiro atoms. The average molecular weight is 256 g/mol. The molecule has 0 aromatic heterocycles. The predicted molar refractivity (Wildman–Crippen MR) is 73.5 cm³/mol. The van der Waals surface area contributed by atoms with Gasteiger partial charge in [-0.3, -0.25) is 0 Å². The molecule has 1 nitrogen and oxygen atoms in total. The van der Waals surface area contributed by atoms with Gasteiger partial charge in [0.15, 0.2) is 0 Å². The largest absolute Gasteiger partial charge is 0.313 e. The van der Waals surface area contributed by atoms with Crippen LogP contribution in [0.4, 0.5) is 0 Å². The minimum atomic E-state index is 0. The topological polar surface area (TPSA) is 12.0 Å². The molecule has 4 bridgehead atoms. The molecule has 4 aliphatic carbocycles. The summed E-state index contributed by atoms with van der Waals surface area (Å²) in [6, 6.07) is 0.898. The first kappa shape index (κ1) is 12.3. The first-order valence-corrected chi connectivity index (χ1v) is 7.57. The van der Waals surface area contributed by atoms with Gasteiger partial charge in [0, 0.05) is 6.04 Å². The molecule has 1 N–H and O–H groups in total. The molecule has 0 radical (unpaired) electrons. The van der Waals surface area contributed by atoms with Gasteiger partial charge in [0.2, 0.25) is 0 Å². The van der Waals surface area contributed by atoms with Crippen molar-refractivity contribution in [3.8, 4) is 0 Å². The van der Waals surface area contributed by atoms with E-state index in [9.17, 15) is 0 Å². The van der Waals surface area contributed by atoms with Gasteiger partial charge in [0.25, 0.3) is 0 Å². The van der Waals surface area contributed by atoms with Gasteiger partial charge >= 0.3 is 0 Å². The molecule has 1 atom stereocenters. The summed E-state index contributed by atoms with van der Waals surface area (Å²) in [5, 5.41) is 3.88. The van der Waals surface area contributed by atoms with Crippen LogP contribution in [0.15, 0.2) is 0 Å². The van der Waals surface area contributed by atoms with Crippen LogP contribution in [-0.4, -0.2) is 12.6 Å². The van der Waals surface area contributed by atoms with Crippen LogP contribution in [0.5, 0.6) is 0 Å². The second-order valence-corrected chi connectivity index (χ2v) is 7.28. The summed E-state index contributed by atoms with van der Waals surface area (Å²) in [4.78, 5) is 0. The van der Waals surface area contributed by atoms with Gasteiger partial charge in [-0.25, -0.2) is 0 Å². The summed E-state index contributed by atoms with van der Waals surface area (Å²) in [6.45, 7) is 1.30. The van der Waals surface area contributed by atoms with Crippen LogP contribution in [0.25, 0.3) is 0 Å². The van der Waals surface area contributed by atoms with Crippen LogP contribution < -0.4 is 5.32 Å². The summed E-state index contributed by atoms with van der Waals surface area (Å²) in [5.74, 6) is 3.36. The third-order valence-corrected chi connectivity index (χ3v) is 6.14. The van der Waals surface area contributed by atoms with Gasteiger partial charge in [-0.2, -0.15) is 0 Å². The van der Waals surface area contributed by atoms with E-state index in [1.807, 2.05) is 0 Å². The Balaban J connectivity index is 0.000000902. The van der Waals surface area contributed by atoms with Gasteiger partial charge in [0.05, 0.1) is 0 Å². The second-order valence-electron chi connectivity index (χ2n) is 7.28. The Labute approximate surface area is 112 Å². The standard InChI is InChI=1S/C15H25N.ClH/c1-2-4-16-14(3-1)15-8-11-5-12(9-15)7-13(6-11)10-15;/h11-14,16H,1-10H2;1H. The van der Waals surface area contributed by atoms with Crippen molar-refractivity contribution in [2.24, 2.45) is 23.2 Å². The Morgan fingerprint density at radius 3 is 1.88 bits per heavy atom. The van der Waals surface area contributed by atoms with Crippen molar-refractivity contribution in [2.75, 3.05) is 6.54 Å². The lowest BCUT2D eigenvalue weighted by atomic mass is 9.47. The van der Waals surface area contributed by atoms with Crippen LogP contribution in [0.3, 0.4) is 0 Å². The van der Waals surface area contributed by atoms with Gasteiger partial charge in [-0.1, -0.05) is 6.42 Å². The fourth-order valence-electron chi connectivity index (χ4n) is 5.98. The van der Waals surface area contributed by atoms with Crippen molar-refractivity contribution in [3.63, 3.8) is 0 Å². The molecule has 2 heteroatoms. The summed E-state index contributed by atoms with van der Waals surface area (Å²) < 4.78 is 0. The fraction of sp³-hybridized carbons (Fsp3) is 1.00. The van der Waals surface area contributed by atoms with E-state index in [-0.39, 0.29) is 12.4 Å². The molecular formula is C15H26ClN. The van der Waals surface area contributed by atoms with Crippen molar-refractivity contribution in [2.45, 2.75) is 63.8 Å². The summed E-state index contributed by atoms with van der Waals surface area (Å²) in [7, 11) is 0. The molecule has 1 heterocycles. The molecule has 1 unspecified atom stereocenters. The molecule has 17 heavy (non-hydrogen) atoms. The number of nitrogens with one attached hydrogen (secondary N) is 1. The molecule has 1 saturated heterocycles. The Kier molecular flexibility index (Phi) is 3.19. The van der Waals surface area contributed by atoms with Crippen LogP contribution in [0.2, 0.25) is 0 Å². The molecule has 4 saturated carbocycles. The highest BCUT2D eigenvalue weighted by Gasteiger charge is 2.53. The zero-order valence-electron chi connectivity index (χ0n) is 10.8. The van der Waals surface area contributed by atoms with Crippen LogP contribution in [-0.2, 0) is 0 Å². The smallest absolute Gasteiger partial charge is 0.0124 e. The van der Waals surface area contributed by atoms with Crippen LogP contribution >= 0.6 is 12.4 Å². The number of piperidine rings is 1. The third-order valence-electron chi connectivity index (χ3n) is 6.14. The predicted octanol–water partition coefficient (Wildman–Crippen LogP) is 3.77. The molecule has 5 fully saturated rings. The zero-order valence-corrected chi connectivity index (χ0v) is 11.6. The number of halogens is 1. The molecule has 5 aliphatic rings. The van der Waals surface area contributed by atoms with E-state index in [2.05, 4.69) is 5.32 Å². The molecular weight excluding hydrogens is 230 g/mol. The highest BCUT2D eigenvalue weighted by atomic mass is 35.5. The monoisotopic (exact) mass is 255 g/mol. The Morgan fingerprint density at radius 2 is 1.41 bits per heavy atom. The molecule has 98 valence electrons. The molecule has 1 aliphatic heterocycles. The van der Waals surface area contributed by atoms with Crippen molar-refractivity contribution in [1.29, 1.82) is 0 Å². The SMILES string of the molecule is C1CCC(C23CC4CC(CC(C4)C2)C3)NC1.Cl. The minimum Gasteiger partial charge on any atom is -0.313 e. The average Bonchev–Trinajstić information content (AvgIpc) is 2.28. The Bertz CT molecular complexity index is 247. The van der Waals surface area contributed by atoms with E-state index in [0.29, 0.717) is 0 Å². The first-order chi connectivity index (χ1) is 7.84. The van der Waals surface area contributed by atoms with E-state index in [1.54, 1.807) is 38.5 Å².